The molecule has 11 heteroatoms. The van der Waals surface area contributed by atoms with Crippen LogP contribution in [0.2, 0.25) is 0 Å². The molecule has 4 amide bonds. The third-order valence-corrected chi connectivity index (χ3v) is 8.26. The Kier molecular flexibility index (Phi) is 8.87. The summed E-state index contributed by atoms with van der Waals surface area (Å²) in [4.78, 5) is 67.3. The summed E-state index contributed by atoms with van der Waals surface area (Å²) in [6.45, 7) is 8.11. The Bertz CT molecular complexity index is 1080. The molecule has 0 spiro atoms. The van der Waals surface area contributed by atoms with E-state index in [2.05, 4.69) is 4.98 Å². The highest BCUT2D eigenvalue weighted by Gasteiger charge is 2.52. The summed E-state index contributed by atoms with van der Waals surface area (Å²) in [5.41, 5.74) is 6.47. The van der Waals surface area contributed by atoms with Crippen molar-refractivity contribution in [2.24, 2.45) is 17.6 Å². The third kappa shape index (κ3) is 6.26. The van der Waals surface area contributed by atoms with Crippen LogP contribution in [-0.4, -0.2) is 74.9 Å². The van der Waals surface area contributed by atoms with Crippen molar-refractivity contribution in [2.75, 3.05) is 13.1 Å². The fourth-order valence-electron chi connectivity index (χ4n) is 5.36. The van der Waals surface area contributed by atoms with Gasteiger partial charge < -0.3 is 15.5 Å². The maximum Gasteiger partial charge on any atom is 0.272 e. The number of fused-ring (bicyclic) bond motifs is 2. The summed E-state index contributed by atoms with van der Waals surface area (Å²) in [5.74, 6) is -1.17. The zero-order valence-electron chi connectivity index (χ0n) is 22.7. The van der Waals surface area contributed by atoms with Crippen molar-refractivity contribution >= 4 is 41.0 Å². The number of amides is 4. The minimum Gasteiger partial charge on any atom is -0.370 e. The van der Waals surface area contributed by atoms with Crippen molar-refractivity contribution in [1.82, 2.24) is 19.8 Å². The molecule has 3 aliphatic rings. The number of aryl methyl sites for hydroxylation is 2. The predicted octanol–water partition coefficient (Wildman–Crippen LogP) is 2.51. The lowest BCUT2D eigenvalue weighted by Crippen LogP contribution is -2.73. The lowest BCUT2D eigenvalue weighted by Gasteiger charge is -2.53. The summed E-state index contributed by atoms with van der Waals surface area (Å²) >= 11 is 1.60. The van der Waals surface area contributed by atoms with Crippen LogP contribution in [0.3, 0.4) is 0 Å². The Morgan fingerprint density at radius 2 is 1.82 bits per heavy atom. The van der Waals surface area contributed by atoms with Crippen molar-refractivity contribution in [2.45, 2.75) is 91.0 Å². The highest BCUT2D eigenvalue weighted by atomic mass is 32.1. The molecule has 2 N–H and O–H groups in total. The van der Waals surface area contributed by atoms with Crippen LogP contribution >= 0.6 is 11.3 Å². The van der Waals surface area contributed by atoms with E-state index in [0.29, 0.717) is 12.8 Å². The Labute approximate surface area is 228 Å². The number of rotatable bonds is 9. The highest BCUT2D eigenvalue weighted by molar-refractivity contribution is 7.12. The number of hydroxylamine groups is 2. The summed E-state index contributed by atoms with van der Waals surface area (Å²) in [6, 6.07) is -0.752. The lowest BCUT2D eigenvalue weighted by atomic mass is 9.95. The van der Waals surface area contributed by atoms with Gasteiger partial charge in [-0.2, -0.15) is 5.06 Å². The van der Waals surface area contributed by atoms with Crippen LogP contribution in [0, 0.1) is 11.8 Å². The number of nitrogens with two attached hydrogens (primary N) is 1. The van der Waals surface area contributed by atoms with Crippen LogP contribution in [0.1, 0.15) is 75.4 Å². The first-order valence-electron chi connectivity index (χ1n) is 13.6. The van der Waals surface area contributed by atoms with E-state index in [1.165, 1.54) is 20.9 Å². The van der Waals surface area contributed by atoms with E-state index < -0.39 is 30.1 Å². The van der Waals surface area contributed by atoms with Crippen LogP contribution in [0.25, 0.3) is 6.08 Å². The van der Waals surface area contributed by atoms with Crippen LogP contribution in [0.4, 0.5) is 0 Å². The summed E-state index contributed by atoms with van der Waals surface area (Å²) in [5, 5.41) is 2.02. The topological polar surface area (TPSA) is 126 Å². The fourth-order valence-corrected chi connectivity index (χ4v) is 6.41. The van der Waals surface area contributed by atoms with Gasteiger partial charge in [-0.3, -0.25) is 24.0 Å². The van der Waals surface area contributed by atoms with Gasteiger partial charge in [-0.1, -0.05) is 27.7 Å². The quantitative estimate of drug-likeness (QED) is 0.475. The van der Waals surface area contributed by atoms with E-state index in [9.17, 15) is 19.2 Å². The minimum absolute atomic E-state index is 0.000198. The van der Waals surface area contributed by atoms with Gasteiger partial charge in [0.1, 0.15) is 11.0 Å². The standard InChI is InChI=1S/C27H39N5O5S/c1-16(2)13-19-26(35)30(12-11-22(28)33)15-24-31(19)27(36)20(14-17(3)4)37-32(24)25(34)10-9-23-29-18-7-5-6-8-21(18)38-23/h9-10,16-17,19-20,24H,5-8,11-15H2,1-4H3,(H2,28,33)/b10-9+/t19-,20+,24-/m0/s1. The van der Waals surface area contributed by atoms with E-state index >= 15 is 0 Å². The number of primary amides is 1. The van der Waals surface area contributed by atoms with E-state index in [-0.39, 0.29) is 43.2 Å². The number of carbonyl (C=O) groups is 4. The number of thiazole rings is 1. The maximum atomic E-state index is 13.7. The van der Waals surface area contributed by atoms with E-state index in [1.807, 2.05) is 27.7 Å². The van der Waals surface area contributed by atoms with Gasteiger partial charge >= 0.3 is 0 Å². The molecule has 3 heterocycles. The van der Waals surface area contributed by atoms with E-state index in [1.54, 1.807) is 22.3 Å². The van der Waals surface area contributed by atoms with Crippen molar-refractivity contribution in [1.29, 1.82) is 0 Å². The van der Waals surface area contributed by atoms with E-state index in [4.69, 9.17) is 10.6 Å². The number of nitrogens with zero attached hydrogens (tertiary/aromatic N) is 4. The van der Waals surface area contributed by atoms with Gasteiger partial charge in [0.2, 0.25) is 11.8 Å². The second-order valence-corrected chi connectivity index (χ2v) is 12.3. The molecule has 2 saturated heterocycles. The number of hydrogen-bond acceptors (Lipinski definition) is 7. The molecular formula is C27H39N5O5S. The van der Waals surface area contributed by atoms with Crippen LogP contribution in [0.5, 0.6) is 0 Å². The van der Waals surface area contributed by atoms with E-state index in [0.717, 1.165) is 36.4 Å². The van der Waals surface area contributed by atoms with Crippen molar-refractivity contribution in [3.05, 3.63) is 21.7 Å². The predicted molar refractivity (Wildman–Crippen MR) is 143 cm³/mol. The third-order valence-electron chi connectivity index (χ3n) is 7.13. The Hall–Kier alpha value is -2.79. The van der Waals surface area contributed by atoms with Crippen molar-refractivity contribution in [3.8, 4) is 0 Å². The maximum absolute atomic E-state index is 13.7. The molecular weight excluding hydrogens is 506 g/mol. The molecule has 1 aliphatic carbocycles. The zero-order valence-corrected chi connectivity index (χ0v) is 23.5. The molecule has 0 unspecified atom stereocenters. The largest absolute Gasteiger partial charge is 0.370 e. The lowest BCUT2D eigenvalue weighted by molar-refractivity contribution is -0.274. The number of piperazine rings is 1. The molecule has 10 nitrogen and oxygen atoms in total. The summed E-state index contributed by atoms with van der Waals surface area (Å²) in [7, 11) is 0. The molecule has 38 heavy (non-hydrogen) atoms. The molecule has 208 valence electrons. The van der Waals surface area contributed by atoms with Crippen LogP contribution in [-0.2, 0) is 36.9 Å². The number of hydrogen-bond donors (Lipinski definition) is 1. The Balaban J connectivity index is 1.64. The Morgan fingerprint density at radius 3 is 2.47 bits per heavy atom. The molecule has 0 saturated carbocycles. The number of aromatic nitrogens is 1. The molecule has 0 radical (unpaired) electrons. The molecule has 0 bridgehead atoms. The van der Waals surface area contributed by atoms with Gasteiger partial charge in [0.05, 0.1) is 12.2 Å². The number of carbonyl (C=O) groups excluding carboxylic acids is 4. The molecule has 0 aromatic carbocycles. The van der Waals surface area contributed by atoms with Crippen molar-refractivity contribution in [3.63, 3.8) is 0 Å². The average molecular weight is 546 g/mol. The second kappa shape index (κ2) is 11.9. The molecule has 4 rings (SSSR count). The Morgan fingerprint density at radius 1 is 1.11 bits per heavy atom. The minimum atomic E-state index is -0.865. The molecule has 2 aliphatic heterocycles. The van der Waals surface area contributed by atoms with Crippen LogP contribution < -0.4 is 5.73 Å². The van der Waals surface area contributed by atoms with Crippen molar-refractivity contribution < 1.29 is 24.0 Å². The summed E-state index contributed by atoms with van der Waals surface area (Å²) in [6.07, 6.45) is 6.60. The highest BCUT2D eigenvalue weighted by Crippen LogP contribution is 2.32. The van der Waals surface area contributed by atoms with Gasteiger partial charge in [-0.05, 0) is 56.4 Å². The van der Waals surface area contributed by atoms with Gasteiger partial charge in [0.25, 0.3) is 11.8 Å². The monoisotopic (exact) mass is 545 g/mol. The van der Waals surface area contributed by atoms with Crippen LogP contribution in [0.15, 0.2) is 6.08 Å². The van der Waals surface area contributed by atoms with Gasteiger partial charge in [0.15, 0.2) is 12.3 Å². The first-order valence-corrected chi connectivity index (χ1v) is 14.4. The summed E-state index contributed by atoms with van der Waals surface area (Å²) < 4.78 is 0. The van der Waals surface area contributed by atoms with Gasteiger partial charge in [-0.15, -0.1) is 11.3 Å². The first-order chi connectivity index (χ1) is 18.0. The second-order valence-electron chi connectivity index (χ2n) is 11.2. The zero-order chi connectivity index (χ0) is 27.6. The molecule has 2 fully saturated rings. The normalized spacial score (nSPS) is 23.9. The smallest absolute Gasteiger partial charge is 0.272 e. The molecule has 3 atom stereocenters. The molecule has 1 aromatic rings. The SMILES string of the molecule is CC(C)C[C@H]1ON(C(=O)/C=C/c2nc3c(s2)CCCC3)[C@H]2CN(CCC(N)=O)C(=O)[C@H](CC(C)C)N2C1=O. The fraction of sp³-hybridized carbons (Fsp3) is 0.667. The molecule has 1 aromatic heterocycles. The van der Waals surface area contributed by atoms with Gasteiger partial charge in [0, 0.05) is 23.9 Å². The average Bonchev–Trinajstić information content (AvgIpc) is 3.27. The first kappa shape index (κ1) is 28.2. The van der Waals surface area contributed by atoms with Gasteiger partial charge in [-0.25, -0.2) is 4.98 Å².